The van der Waals surface area contributed by atoms with Gasteiger partial charge in [-0.3, -0.25) is 0 Å². The average Bonchev–Trinajstić information content (AvgIpc) is 3.76. The van der Waals surface area contributed by atoms with Crippen molar-refractivity contribution in [3.05, 3.63) is 172 Å². The smallest absolute Gasteiger partial charge is 0.297 e. The number of nitrogens with zero attached hydrogens (tertiary/aromatic N) is 2. The molecule has 6 aliphatic rings. The highest BCUT2D eigenvalue weighted by atomic mass is 16.3. The maximum Gasteiger partial charge on any atom is 0.297 e. The number of benzene rings is 7. The Kier molecular flexibility index (Phi) is 10.5. The van der Waals surface area contributed by atoms with E-state index in [1.54, 1.807) is 0 Å². The molecule has 4 heteroatoms. The predicted octanol–water partition coefficient (Wildman–Crippen LogP) is 18.2. The Hall–Kier alpha value is -6.26. The van der Waals surface area contributed by atoms with Crippen molar-refractivity contribution in [2.24, 2.45) is 0 Å². The largest absolute Gasteiger partial charge is 0.468 e. The molecule has 0 spiro atoms. The fourth-order valence-corrected chi connectivity index (χ4v) is 14.5. The second kappa shape index (κ2) is 16.2. The highest BCUT2D eigenvalue weighted by Gasteiger charge is 2.52. The van der Waals surface area contributed by atoms with Gasteiger partial charge in [0.05, 0.1) is 22.7 Å². The lowest BCUT2D eigenvalue weighted by Gasteiger charge is -2.52. The third kappa shape index (κ3) is 7.34. The lowest BCUT2D eigenvalue weighted by atomic mass is 9.35. The molecule has 1 saturated carbocycles. The Balaban J connectivity index is 1.22. The minimum atomic E-state index is -0.182. The first kappa shape index (κ1) is 49.3. The summed E-state index contributed by atoms with van der Waals surface area (Å²) in [6, 6.07) is 52.6. The molecule has 7 aromatic carbocycles. The lowest BCUT2D eigenvalue weighted by Crippen LogP contribution is -2.61. The number of furan rings is 1. The number of fused-ring (bicyclic) bond motifs is 9. The molecular weight excluding hydrogens is 920 g/mol. The summed E-state index contributed by atoms with van der Waals surface area (Å²) in [5, 5.41) is 1.23. The van der Waals surface area contributed by atoms with Crippen molar-refractivity contribution in [2.75, 3.05) is 9.80 Å². The summed E-state index contributed by atoms with van der Waals surface area (Å²) in [6.07, 6.45) is 7.19. The van der Waals surface area contributed by atoms with E-state index in [1.165, 1.54) is 137 Å². The minimum Gasteiger partial charge on any atom is -0.468 e. The van der Waals surface area contributed by atoms with Gasteiger partial charge in [-0.15, -0.1) is 0 Å². The van der Waals surface area contributed by atoms with Crippen LogP contribution < -0.4 is 26.4 Å². The van der Waals surface area contributed by atoms with Crippen molar-refractivity contribution in [2.45, 2.75) is 180 Å². The number of anilines is 6. The quantitative estimate of drug-likeness (QED) is 0.164. The van der Waals surface area contributed by atoms with E-state index in [9.17, 15) is 0 Å². The van der Waals surface area contributed by atoms with E-state index in [2.05, 4.69) is 247 Å². The number of hydrogen-bond donors (Lipinski definition) is 0. The lowest BCUT2D eigenvalue weighted by molar-refractivity contribution is 0.188. The average molecular weight is 999 g/mol. The van der Waals surface area contributed by atoms with Gasteiger partial charge in [0.2, 0.25) is 0 Å². The van der Waals surface area contributed by atoms with Gasteiger partial charge in [-0.1, -0.05) is 183 Å². The van der Waals surface area contributed by atoms with E-state index >= 15 is 0 Å². The third-order valence-electron chi connectivity index (χ3n) is 19.8. The van der Waals surface area contributed by atoms with Crippen LogP contribution in [0.15, 0.2) is 138 Å². The molecule has 0 atom stereocenters. The van der Waals surface area contributed by atoms with E-state index in [-0.39, 0.29) is 44.6 Å². The highest BCUT2D eigenvalue weighted by Crippen LogP contribution is 2.59. The first-order valence-electron chi connectivity index (χ1n) is 28.7. The zero-order chi connectivity index (χ0) is 53.4. The van der Waals surface area contributed by atoms with Crippen LogP contribution in [0, 0.1) is 0 Å². The summed E-state index contributed by atoms with van der Waals surface area (Å²) in [5.41, 5.74) is 26.8. The molecule has 0 N–H and O–H groups in total. The number of hydrogen-bond acceptors (Lipinski definition) is 3. The van der Waals surface area contributed by atoms with Crippen LogP contribution in [0.4, 0.5) is 34.1 Å². The molecule has 386 valence electrons. The van der Waals surface area contributed by atoms with E-state index in [1.807, 2.05) is 0 Å². The summed E-state index contributed by atoms with van der Waals surface area (Å²) >= 11 is 0. The van der Waals surface area contributed by atoms with Crippen molar-refractivity contribution >= 4 is 68.4 Å². The molecular formula is C72H79BN2O. The van der Waals surface area contributed by atoms with Crippen LogP contribution in [-0.4, -0.2) is 6.71 Å². The maximum atomic E-state index is 7.89. The van der Waals surface area contributed by atoms with Gasteiger partial charge in [-0.2, -0.15) is 0 Å². The molecule has 3 nitrogen and oxygen atoms in total. The van der Waals surface area contributed by atoms with E-state index in [0.717, 1.165) is 24.1 Å². The Morgan fingerprint density at radius 2 is 0.882 bits per heavy atom. The molecule has 0 amide bonds. The fraction of sp³-hybridized carbons (Fsp3) is 0.389. The minimum absolute atomic E-state index is 0.00577. The van der Waals surface area contributed by atoms with Crippen LogP contribution in [-0.2, 0) is 37.9 Å². The molecule has 1 aromatic heterocycles. The van der Waals surface area contributed by atoms with Gasteiger partial charge in [-0.25, -0.2) is 0 Å². The topological polar surface area (TPSA) is 19.6 Å². The van der Waals surface area contributed by atoms with Gasteiger partial charge >= 0.3 is 0 Å². The third-order valence-corrected chi connectivity index (χ3v) is 19.8. The SMILES string of the molecule is CC(C)(C)c1ccc(N2c3cc4c(cc3B3c5oc6cc7c(cc6c5N(c5ccc(C(C)(C)C)cc5-c5ccccc5)c5cc(C(C)(C)C)cc2c53)C2(C)CCC7(C)CC2)C(C)(C)CCC4(C)C)c(-c2ccccc2)c1. The molecule has 1 fully saturated rings. The Labute approximate surface area is 455 Å². The van der Waals surface area contributed by atoms with E-state index < -0.39 is 0 Å². The molecule has 2 bridgehead atoms. The molecule has 8 aromatic rings. The van der Waals surface area contributed by atoms with Crippen LogP contribution in [0.25, 0.3) is 33.2 Å². The van der Waals surface area contributed by atoms with Gasteiger partial charge in [0.25, 0.3) is 6.71 Å². The van der Waals surface area contributed by atoms with Gasteiger partial charge < -0.3 is 14.2 Å². The zero-order valence-corrected chi connectivity index (χ0v) is 48.3. The normalized spacial score (nSPS) is 21.0. The van der Waals surface area contributed by atoms with Gasteiger partial charge in [-0.05, 0) is 192 Å². The summed E-state index contributed by atoms with van der Waals surface area (Å²) in [5.74, 6) is 0. The summed E-state index contributed by atoms with van der Waals surface area (Å²) in [6.45, 7) is 36.1. The van der Waals surface area contributed by atoms with Crippen LogP contribution >= 0.6 is 0 Å². The maximum absolute atomic E-state index is 7.89. The Morgan fingerprint density at radius 3 is 1.38 bits per heavy atom. The molecule has 14 rings (SSSR count). The van der Waals surface area contributed by atoms with E-state index in [0.29, 0.717) is 0 Å². The van der Waals surface area contributed by atoms with Crippen LogP contribution in [0.2, 0.25) is 0 Å². The van der Waals surface area contributed by atoms with Crippen molar-refractivity contribution in [3.63, 3.8) is 0 Å². The molecule has 0 saturated heterocycles. The van der Waals surface area contributed by atoms with Gasteiger partial charge in [0.15, 0.2) is 0 Å². The van der Waals surface area contributed by atoms with Gasteiger partial charge in [0.1, 0.15) is 5.58 Å². The molecule has 0 radical (unpaired) electrons. The van der Waals surface area contributed by atoms with Crippen molar-refractivity contribution in [1.82, 2.24) is 0 Å². The first-order valence-corrected chi connectivity index (χ1v) is 28.7. The van der Waals surface area contributed by atoms with Crippen LogP contribution in [0.5, 0.6) is 0 Å². The van der Waals surface area contributed by atoms with Crippen molar-refractivity contribution < 1.29 is 4.42 Å². The Bertz CT molecular complexity index is 3690. The summed E-state index contributed by atoms with van der Waals surface area (Å²) in [4.78, 5) is 5.39. The van der Waals surface area contributed by atoms with Crippen LogP contribution in [0.1, 0.15) is 181 Å². The molecule has 76 heavy (non-hydrogen) atoms. The summed E-state index contributed by atoms with van der Waals surface area (Å²) < 4.78 is 7.89. The fourth-order valence-electron chi connectivity index (χ4n) is 14.5. The van der Waals surface area contributed by atoms with E-state index in [4.69, 9.17) is 4.42 Å². The molecule has 2 aliphatic heterocycles. The standard InChI is InChI=1S/C72H79BN2O/c1-66(2,3)46-26-28-57(49(36-46)44-22-18-16-19-23-44)74-59-42-53-52(69(10,11)30-31-70(53,12)13)41-56(59)73-63-60(74)38-48(68(7,8)9)39-61(63)75(58-29-27-47(67(4,5)6)37-50(58)45-24-20-17-21-25-45)64-51-40-54-55(43-62(51)76-65(64)73)72(15)34-32-71(54,14)33-35-72/h16-29,36-43H,30-35H2,1-15H3. The van der Waals surface area contributed by atoms with Crippen molar-refractivity contribution in [3.8, 4) is 22.3 Å². The monoisotopic (exact) mass is 999 g/mol. The number of rotatable bonds is 4. The molecule has 0 unspecified atom stereocenters. The van der Waals surface area contributed by atoms with Gasteiger partial charge in [0, 0.05) is 33.6 Å². The second-order valence-corrected chi connectivity index (χ2v) is 29.0. The molecule has 3 heterocycles. The predicted molar refractivity (Wildman–Crippen MR) is 326 cm³/mol. The second-order valence-electron chi connectivity index (χ2n) is 29.0. The highest BCUT2D eigenvalue weighted by molar-refractivity contribution is 7.00. The molecule has 4 aliphatic carbocycles. The van der Waals surface area contributed by atoms with Crippen LogP contribution in [0.3, 0.4) is 0 Å². The first-order chi connectivity index (χ1) is 35.8. The Morgan fingerprint density at radius 1 is 0.421 bits per heavy atom. The van der Waals surface area contributed by atoms with Crippen molar-refractivity contribution in [1.29, 1.82) is 0 Å². The summed E-state index contributed by atoms with van der Waals surface area (Å²) in [7, 11) is 0. The zero-order valence-electron chi connectivity index (χ0n) is 48.3.